The first-order valence-electron chi connectivity index (χ1n) is 6.93. The Morgan fingerprint density at radius 1 is 1.27 bits per heavy atom. The molecule has 2 aromatic rings. The SMILES string of the molecule is COc1ccc(CSC(N)=N[C@H](C)c2ccccc2)cc1F. The summed E-state index contributed by atoms with van der Waals surface area (Å²) in [7, 11) is 1.45. The molecule has 0 unspecified atom stereocenters. The smallest absolute Gasteiger partial charge is 0.165 e. The molecule has 0 radical (unpaired) electrons. The summed E-state index contributed by atoms with van der Waals surface area (Å²) in [5.74, 6) is 0.444. The first-order chi connectivity index (χ1) is 10.6. The number of aliphatic imine (C=N–C) groups is 1. The normalized spacial score (nSPS) is 13.0. The average molecular weight is 318 g/mol. The fourth-order valence-electron chi connectivity index (χ4n) is 1.99. The predicted octanol–water partition coefficient (Wildman–Crippen LogP) is 4.14. The maximum atomic E-state index is 13.6. The van der Waals surface area contributed by atoms with Gasteiger partial charge in [0.15, 0.2) is 16.7 Å². The molecular weight excluding hydrogens is 299 g/mol. The first kappa shape index (κ1) is 16.4. The van der Waals surface area contributed by atoms with Gasteiger partial charge in [-0.05, 0) is 30.2 Å². The van der Waals surface area contributed by atoms with Crippen LogP contribution in [0.25, 0.3) is 0 Å². The van der Waals surface area contributed by atoms with Gasteiger partial charge in [0.1, 0.15) is 0 Å². The van der Waals surface area contributed by atoms with Crippen LogP contribution in [0.4, 0.5) is 4.39 Å². The molecule has 3 nitrogen and oxygen atoms in total. The molecule has 22 heavy (non-hydrogen) atoms. The summed E-state index contributed by atoms with van der Waals surface area (Å²) in [5.41, 5.74) is 7.90. The van der Waals surface area contributed by atoms with Crippen LogP contribution in [-0.2, 0) is 5.75 Å². The molecule has 0 aliphatic carbocycles. The van der Waals surface area contributed by atoms with Gasteiger partial charge in [-0.2, -0.15) is 0 Å². The van der Waals surface area contributed by atoms with Crippen molar-refractivity contribution in [1.29, 1.82) is 0 Å². The maximum Gasteiger partial charge on any atom is 0.165 e. The monoisotopic (exact) mass is 318 g/mol. The summed E-state index contributed by atoms with van der Waals surface area (Å²) >= 11 is 1.39. The molecule has 0 heterocycles. The molecule has 0 amide bonds. The molecule has 0 bridgehead atoms. The number of ether oxygens (including phenoxy) is 1. The zero-order valence-electron chi connectivity index (χ0n) is 12.6. The molecule has 0 spiro atoms. The van der Waals surface area contributed by atoms with Gasteiger partial charge in [0.05, 0.1) is 13.2 Å². The Kier molecular flexibility index (Phi) is 5.83. The average Bonchev–Trinajstić information content (AvgIpc) is 2.54. The van der Waals surface area contributed by atoms with Crippen molar-refractivity contribution >= 4 is 16.9 Å². The van der Waals surface area contributed by atoms with E-state index in [0.717, 1.165) is 11.1 Å². The van der Waals surface area contributed by atoms with Crippen LogP contribution in [0.1, 0.15) is 24.1 Å². The quantitative estimate of drug-likeness (QED) is 0.665. The van der Waals surface area contributed by atoms with Gasteiger partial charge in [-0.25, -0.2) is 4.39 Å². The minimum atomic E-state index is -0.367. The molecule has 0 saturated carbocycles. The van der Waals surface area contributed by atoms with E-state index in [9.17, 15) is 4.39 Å². The third-order valence-corrected chi connectivity index (χ3v) is 4.08. The summed E-state index contributed by atoms with van der Waals surface area (Å²) < 4.78 is 18.5. The van der Waals surface area contributed by atoms with Crippen molar-refractivity contribution < 1.29 is 9.13 Å². The number of hydrogen-bond acceptors (Lipinski definition) is 3. The third kappa shape index (κ3) is 4.49. The number of methoxy groups -OCH3 is 1. The maximum absolute atomic E-state index is 13.6. The third-order valence-electron chi connectivity index (χ3n) is 3.21. The van der Waals surface area contributed by atoms with E-state index in [0.29, 0.717) is 10.9 Å². The van der Waals surface area contributed by atoms with Crippen LogP contribution >= 0.6 is 11.8 Å². The fraction of sp³-hybridized carbons (Fsp3) is 0.235. The molecule has 2 rings (SSSR count). The second-order valence-corrected chi connectivity index (χ2v) is 5.81. The summed E-state index contributed by atoms with van der Waals surface area (Å²) in [4.78, 5) is 4.46. The van der Waals surface area contributed by atoms with Crippen molar-refractivity contribution in [3.05, 3.63) is 65.5 Å². The Labute approximate surface area is 134 Å². The van der Waals surface area contributed by atoms with Gasteiger partial charge in [-0.1, -0.05) is 48.2 Å². The van der Waals surface area contributed by atoms with E-state index in [-0.39, 0.29) is 17.6 Å². The van der Waals surface area contributed by atoms with Crippen molar-refractivity contribution in [2.45, 2.75) is 18.7 Å². The Hall–Kier alpha value is -2.01. The summed E-state index contributed by atoms with van der Waals surface area (Å²) in [6.45, 7) is 2.00. The number of nitrogens with two attached hydrogens (primary N) is 1. The van der Waals surface area contributed by atoms with Crippen LogP contribution in [0, 0.1) is 5.82 Å². The molecule has 5 heteroatoms. The van der Waals surface area contributed by atoms with Gasteiger partial charge >= 0.3 is 0 Å². The lowest BCUT2D eigenvalue weighted by atomic mass is 10.1. The van der Waals surface area contributed by atoms with Crippen molar-refractivity contribution in [2.75, 3.05) is 7.11 Å². The molecule has 0 saturated heterocycles. The second kappa shape index (κ2) is 7.84. The Bertz CT molecular complexity index is 646. The van der Waals surface area contributed by atoms with Gasteiger partial charge in [0.25, 0.3) is 0 Å². The Morgan fingerprint density at radius 3 is 2.64 bits per heavy atom. The predicted molar refractivity (Wildman–Crippen MR) is 90.7 cm³/mol. The van der Waals surface area contributed by atoms with E-state index in [1.54, 1.807) is 6.07 Å². The molecule has 0 fully saturated rings. The van der Waals surface area contributed by atoms with E-state index in [1.165, 1.54) is 24.9 Å². The van der Waals surface area contributed by atoms with Crippen LogP contribution in [0.2, 0.25) is 0 Å². The lowest BCUT2D eigenvalue weighted by molar-refractivity contribution is 0.386. The van der Waals surface area contributed by atoms with Crippen LogP contribution in [0.15, 0.2) is 53.5 Å². The van der Waals surface area contributed by atoms with Gasteiger partial charge < -0.3 is 10.5 Å². The summed E-state index contributed by atoms with van der Waals surface area (Å²) in [6, 6.07) is 14.9. The summed E-state index contributed by atoms with van der Waals surface area (Å²) in [5, 5.41) is 0.493. The highest BCUT2D eigenvalue weighted by molar-refractivity contribution is 8.13. The highest BCUT2D eigenvalue weighted by Gasteiger charge is 2.06. The van der Waals surface area contributed by atoms with E-state index in [4.69, 9.17) is 10.5 Å². The molecule has 0 aromatic heterocycles. The molecule has 0 aliphatic rings. The van der Waals surface area contributed by atoms with E-state index < -0.39 is 0 Å². The highest BCUT2D eigenvalue weighted by Crippen LogP contribution is 2.22. The number of halogens is 1. The summed E-state index contributed by atoms with van der Waals surface area (Å²) in [6.07, 6.45) is 0. The number of hydrogen-bond donors (Lipinski definition) is 1. The molecule has 1 atom stereocenters. The van der Waals surface area contributed by atoms with Gasteiger partial charge in [-0.3, -0.25) is 4.99 Å². The standard InChI is InChI=1S/C17H19FN2OS/c1-12(14-6-4-3-5-7-14)20-17(19)22-11-13-8-9-16(21-2)15(18)10-13/h3-10,12H,11H2,1-2H3,(H2,19,20)/t12-/m1/s1. The largest absolute Gasteiger partial charge is 0.494 e. The van der Waals surface area contributed by atoms with Crippen molar-refractivity contribution in [3.8, 4) is 5.75 Å². The molecular formula is C17H19FN2OS. The zero-order valence-corrected chi connectivity index (χ0v) is 13.4. The lowest BCUT2D eigenvalue weighted by Crippen LogP contribution is -2.09. The van der Waals surface area contributed by atoms with Gasteiger partial charge in [0, 0.05) is 5.75 Å². The van der Waals surface area contributed by atoms with Crippen molar-refractivity contribution in [2.24, 2.45) is 10.7 Å². The second-order valence-electron chi connectivity index (χ2n) is 4.81. The molecule has 116 valence electrons. The molecule has 2 aromatic carbocycles. The number of amidine groups is 1. The number of rotatable bonds is 5. The van der Waals surface area contributed by atoms with E-state index >= 15 is 0 Å². The Morgan fingerprint density at radius 2 is 2.00 bits per heavy atom. The first-order valence-corrected chi connectivity index (χ1v) is 7.92. The fourth-order valence-corrected chi connectivity index (χ4v) is 2.72. The zero-order chi connectivity index (χ0) is 15.9. The number of thioether (sulfide) groups is 1. The van der Waals surface area contributed by atoms with Crippen LogP contribution in [0.3, 0.4) is 0 Å². The minimum absolute atomic E-state index is 0.00121. The Balaban J connectivity index is 1.96. The number of benzene rings is 2. The van der Waals surface area contributed by atoms with Crippen molar-refractivity contribution in [1.82, 2.24) is 0 Å². The van der Waals surface area contributed by atoms with Crippen molar-refractivity contribution in [3.63, 3.8) is 0 Å². The van der Waals surface area contributed by atoms with E-state index in [2.05, 4.69) is 4.99 Å². The van der Waals surface area contributed by atoms with Gasteiger partial charge in [-0.15, -0.1) is 0 Å². The number of nitrogens with zero attached hydrogens (tertiary/aromatic N) is 1. The van der Waals surface area contributed by atoms with Crippen LogP contribution in [-0.4, -0.2) is 12.3 Å². The highest BCUT2D eigenvalue weighted by atomic mass is 32.2. The molecule has 0 aliphatic heterocycles. The van der Waals surface area contributed by atoms with Crippen LogP contribution < -0.4 is 10.5 Å². The molecule has 2 N–H and O–H groups in total. The van der Waals surface area contributed by atoms with E-state index in [1.807, 2.05) is 43.3 Å². The lowest BCUT2D eigenvalue weighted by Gasteiger charge is -2.09. The van der Waals surface area contributed by atoms with Crippen LogP contribution in [0.5, 0.6) is 5.75 Å². The topological polar surface area (TPSA) is 47.6 Å². The van der Waals surface area contributed by atoms with Gasteiger partial charge in [0.2, 0.25) is 0 Å². The minimum Gasteiger partial charge on any atom is -0.494 e.